The van der Waals surface area contributed by atoms with Crippen LogP contribution < -0.4 is 19.3 Å². The van der Waals surface area contributed by atoms with Gasteiger partial charge in [0.2, 0.25) is 5.75 Å². The summed E-state index contributed by atoms with van der Waals surface area (Å²) in [7, 11) is 4.60. The van der Waals surface area contributed by atoms with Crippen LogP contribution in [0.3, 0.4) is 0 Å². The van der Waals surface area contributed by atoms with Crippen LogP contribution in [0, 0.1) is 0 Å². The minimum absolute atomic E-state index is 0.187. The molecule has 1 aromatic heterocycles. The maximum Gasteiger partial charge on any atom is 0.203 e. The van der Waals surface area contributed by atoms with Crippen molar-refractivity contribution in [1.82, 2.24) is 14.8 Å². The lowest BCUT2D eigenvalue weighted by Crippen LogP contribution is -2.24. The Kier molecular flexibility index (Phi) is 5.91. The fourth-order valence-electron chi connectivity index (χ4n) is 2.23. The van der Waals surface area contributed by atoms with Crippen LogP contribution in [-0.4, -0.2) is 47.8 Å². The van der Waals surface area contributed by atoms with Gasteiger partial charge in [-0.1, -0.05) is 11.8 Å². The van der Waals surface area contributed by atoms with Gasteiger partial charge in [-0.2, -0.15) is 0 Å². The van der Waals surface area contributed by atoms with E-state index >= 15 is 0 Å². The Morgan fingerprint density at radius 3 is 2.25 bits per heavy atom. The third-order valence-corrected chi connectivity index (χ3v) is 4.22. The lowest BCUT2D eigenvalue weighted by molar-refractivity contribution is -0.301. The van der Waals surface area contributed by atoms with Gasteiger partial charge in [0.15, 0.2) is 22.5 Å². The van der Waals surface area contributed by atoms with Crippen molar-refractivity contribution in [2.24, 2.45) is 0 Å². The summed E-state index contributed by atoms with van der Waals surface area (Å²) in [6, 6.07) is 3.54. The number of hydrogen-bond acceptors (Lipinski definition) is 8. The van der Waals surface area contributed by atoms with Crippen molar-refractivity contribution >= 4 is 17.7 Å². The topological polar surface area (TPSA) is 98.5 Å². The summed E-state index contributed by atoms with van der Waals surface area (Å²) in [6.45, 7) is 2.50. The first-order chi connectivity index (χ1) is 11.5. The Morgan fingerprint density at radius 1 is 1.17 bits per heavy atom. The van der Waals surface area contributed by atoms with E-state index in [0.717, 1.165) is 17.3 Å². The van der Waals surface area contributed by atoms with Crippen LogP contribution >= 0.6 is 11.8 Å². The van der Waals surface area contributed by atoms with E-state index in [1.807, 2.05) is 11.5 Å². The van der Waals surface area contributed by atoms with Crippen LogP contribution in [0.25, 0.3) is 11.4 Å². The zero-order valence-electron chi connectivity index (χ0n) is 13.9. The normalized spacial score (nSPS) is 10.5. The second-order valence-corrected chi connectivity index (χ2v) is 5.57. The summed E-state index contributed by atoms with van der Waals surface area (Å²) in [4.78, 5) is 10.7. The summed E-state index contributed by atoms with van der Waals surface area (Å²) < 4.78 is 17.8. The molecule has 24 heavy (non-hydrogen) atoms. The number of carboxylic acids is 1. The third kappa shape index (κ3) is 3.56. The summed E-state index contributed by atoms with van der Waals surface area (Å²) in [5, 5.41) is 19.4. The number of ether oxygens (including phenoxy) is 3. The predicted octanol–water partition coefficient (Wildman–Crippen LogP) is 0.833. The summed E-state index contributed by atoms with van der Waals surface area (Å²) >= 11 is 1.06. The van der Waals surface area contributed by atoms with Gasteiger partial charge >= 0.3 is 0 Å². The highest BCUT2D eigenvalue weighted by Crippen LogP contribution is 2.41. The fraction of sp³-hybridized carbons (Fsp3) is 0.400. The summed E-state index contributed by atoms with van der Waals surface area (Å²) in [5.74, 6) is 0.728. The molecule has 130 valence electrons. The molecule has 1 heterocycles. The molecule has 1 aromatic carbocycles. The van der Waals surface area contributed by atoms with Crippen molar-refractivity contribution in [2.45, 2.75) is 18.6 Å². The molecular formula is C15H18N3O5S-. The predicted molar refractivity (Wildman–Crippen MR) is 86.5 cm³/mol. The quantitative estimate of drug-likeness (QED) is 0.644. The van der Waals surface area contributed by atoms with Crippen LogP contribution in [0.15, 0.2) is 17.3 Å². The highest BCUT2D eigenvalue weighted by molar-refractivity contribution is 7.99. The zero-order chi connectivity index (χ0) is 17.7. The number of methoxy groups -OCH3 is 3. The van der Waals surface area contributed by atoms with E-state index in [0.29, 0.717) is 34.8 Å². The van der Waals surface area contributed by atoms with E-state index in [2.05, 4.69) is 10.2 Å². The van der Waals surface area contributed by atoms with E-state index in [1.54, 1.807) is 12.1 Å². The fourth-order valence-corrected chi connectivity index (χ4v) is 2.94. The summed E-state index contributed by atoms with van der Waals surface area (Å²) in [6.07, 6.45) is 0. The Balaban J connectivity index is 2.50. The largest absolute Gasteiger partial charge is 0.549 e. The van der Waals surface area contributed by atoms with Crippen molar-refractivity contribution in [3.8, 4) is 28.6 Å². The molecule has 0 aliphatic heterocycles. The van der Waals surface area contributed by atoms with Gasteiger partial charge in [-0.3, -0.25) is 0 Å². The molecule has 0 N–H and O–H groups in total. The van der Waals surface area contributed by atoms with Crippen molar-refractivity contribution in [2.75, 3.05) is 27.1 Å². The maximum absolute atomic E-state index is 10.7. The molecule has 0 saturated carbocycles. The molecule has 2 rings (SSSR count). The van der Waals surface area contributed by atoms with E-state index in [9.17, 15) is 9.90 Å². The number of rotatable bonds is 8. The average molecular weight is 352 g/mol. The lowest BCUT2D eigenvalue weighted by atomic mass is 10.1. The molecule has 8 nitrogen and oxygen atoms in total. The monoisotopic (exact) mass is 352 g/mol. The minimum atomic E-state index is -1.15. The molecule has 0 aliphatic carbocycles. The standard InChI is InChI=1S/C15H19N3O5S/c1-5-18-14(16-17-15(18)24-8-12(19)20)9-6-10(21-2)13(23-4)11(7-9)22-3/h6-7H,5,8H2,1-4H3,(H,19,20)/p-1. The van der Waals surface area contributed by atoms with Gasteiger partial charge in [0.25, 0.3) is 0 Å². The van der Waals surface area contributed by atoms with Gasteiger partial charge < -0.3 is 28.7 Å². The number of carbonyl (C=O) groups excluding carboxylic acids is 1. The highest BCUT2D eigenvalue weighted by atomic mass is 32.2. The van der Waals surface area contributed by atoms with E-state index in [1.165, 1.54) is 21.3 Å². The highest BCUT2D eigenvalue weighted by Gasteiger charge is 2.19. The van der Waals surface area contributed by atoms with Crippen molar-refractivity contribution in [1.29, 1.82) is 0 Å². The van der Waals surface area contributed by atoms with E-state index < -0.39 is 5.97 Å². The van der Waals surface area contributed by atoms with E-state index in [4.69, 9.17) is 14.2 Å². The van der Waals surface area contributed by atoms with Crippen molar-refractivity contribution in [3.05, 3.63) is 12.1 Å². The molecule has 0 aliphatic rings. The smallest absolute Gasteiger partial charge is 0.203 e. The number of thioether (sulfide) groups is 1. The molecule has 0 fully saturated rings. The number of benzene rings is 1. The number of carbonyl (C=O) groups is 1. The molecule has 0 atom stereocenters. The molecule has 0 spiro atoms. The molecule has 2 aromatic rings. The molecule has 0 amide bonds. The Morgan fingerprint density at radius 2 is 1.79 bits per heavy atom. The number of aliphatic carboxylic acids is 1. The Labute approximate surface area is 143 Å². The number of hydrogen-bond donors (Lipinski definition) is 0. The lowest BCUT2D eigenvalue weighted by Gasteiger charge is -2.14. The van der Waals surface area contributed by atoms with Gasteiger partial charge in [-0.15, -0.1) is 10.2 Å². The van der Waals surface area contributed by atoms with Gasteiger partial charge in [0.05, 0.1) is 27.3 Å². The van der Waals surface area contributed by atoms with Gasteiger partial charge in [0, 0.05) is 17.9 Å². The van der Waals surface area contributed by atoms with Crippen molar-refractivity contribution < 1.29 is 24.1 Å². The molecule has 0 saturated heterocycles. The third-order valence-electron chi connectivity index (χ3n) is 3.28. The molecule has 0 bridgehead atoms. The second-order valence-electron chi connectivity index (χ2n) is 4.63. The number of aromatic nitrogens is 3. The van der Waals surface area contributed by atoms with Crippen LogP contribution in [0.5, 0.6) is 17.2 Å². The Hall–Kier alpha value is -2.42. The average Bonchev–Trinajstić information content (AvgIpc) is 3.01. The van der Waals surface area contributed by atoms with Gasteiger partial charge in [0.1, 0.15) is 0 Å². The maximum atomic E-state index is 10.7. The first-order valence-corrected chi connectivity index (χ1v) is 8.10. The minimum Gasteiger partial charge on any atom is -0.549 e. The van der Waals surface area contributed by atoms with Gasteiger partial charge in [-0.05, 0) is 19.1 Å². The first kappa shape index (κ1) is 17.9. The van der Waals surface area contributed by atoms with Crippen LogP contribution in [0.2, 0.25) is 0 Å². The number of nitrogens with zero attached hydrogens (tertiary/aromatic N) is 3. The van der Waals surface area contributed by atoms with Gasteiger partial charge in [-0.25, -0.2) is 0 Å². The van der Waals surface area contributed by atoms with Crippen molar-refractivity contribution in [3.63, 3.8) is 0 Å². The molecule has 0 unspecified atom stereocenters. The van der Waals surface area contributed by atoms with Crippen LogP contribution in [0.4, 0.5) is 0 Å². The number of carboxylic acid groups (broad SMARTS) is 1. The molecule has 0 radical (unpaired) electrons. The zero-order valence-corrected chi connectivity index (χ0v) is 14.7. The summed E-state index contributed by atoms with van der Waals surface area (Å²) in [5.41, 5.74) is 0.721. The SMILES string of the molecule is CCn1c(SCC(=O)[O-])nnc1-c1cc(OC)c(OC)c(OC)c1. The van der Waals surface area contributed by atoms with Crippen LogP contribution in [-0.2, 0) is 11.3 Å². The van der Waals surface area contributed by atoms with E-state index in [-0.39, 0.29) is 5.75 Å². The Bertz CT molecular complexity index is 707. The first-order valence-electron chi connectivity index (χ1n) is 7.11. The van der Waals surface area contributed by atoms with Crippen LogP contribution in [0.1, 0.15) is 6.92 Å². The second kappa shape index (κ2) is 7.91. The molecule has 9 heteroatoms. The molecular weight excluding hydrogens is 334 g/mol.